The van der Waals surface area contributed by atoms with Crippen molar-refractivity contribution in [1.82, 2.24) is 0 Å². The summed E-state index contributed by atoms with van der Waals surface area (Å²) < 4.78 is 10.2. The van der Waals surface area contributed by atoms with Crippen LogP contribution in [-0.4, -0.2) is 4.55 Å². The lowest BCUT2D eigenvalue weighted by molar-refractivity contribution is 0.662. The summed E-state index contributed by atoms with van der Waals surface area (Å²) in [7, 11) is 0. The van der Waals surface area contributed by atoms with E-state index in [0.29, 0.717) is 5.56 Å². The Balaban J connectivity index is 2.31. The van der Waals surface area contributed by atoms with Crippen LogP contribution in [0.15, 0.2) is 51.8 Å². The normalized spacial score (nSPS) is 10.1. The summed E-state index contributed by atoms with van der Waals surface area (Å²) in [6, 6.07) is 15.3. The van der Waals surface area contributed by atoms with Gasteiger partial charge < -0.3 is 4.55 Å². The van der Waals surface area contributed by atoms with Crippen LogP contribution in [0, 0.1) is 11.3 Å². The van der Waals surface area contributed by atoms with Crippen LogP contribution in [0.1, 0.15) is 16.7 Å². The molecule has 0 fully saturated rings. The van der Waals surface area contributed by atoms with Crippen molar-refractivity contribution in [2.24, 2.45) is 0 Å². The van der Waals surface area contributed by atoms with Gasteiger partial charge in [-0.15, -0.1) is 0 Å². The molecular weight excluding hydrogens is 310 g/mol. The predicted octanol–water partition coefficient (Wildman–Crippen LogP) is 4.48. The summed E-state index contributed by atoms with van der Waals surface area (Å²) in [5, 5.41) is 8.75. The fourth-order valence-corrected chi connectivity index (χ4v) is 2.77. The second-order valence-electron chi connectivity index (χ2n) is 3.79. The fraction of sp³-hybridized carbons (Fsp3) is 0.0714. The van der Waals surface area contributed by atoms with Gasteiger partial charge in [0.15, 0.2) is 0 Å². The number of halogens is 1. The second-order valence-corrected chi connectivity index (χ2v) is 5.27. The van der Waals surface area contributed by atoms with Gasteiger partial charge in [0, 0.05) is 21.4 Å². The average molecular weight is 320 g/mol. The van der Waals surface area contributed by atoms with Gasteiger partial charge in [0.05, 0.1) is 11.6 Å². The first-order chi connectivity index (χ1) is 8.74. The highest BCUT2D eigenvalue weighted by Crippen LogP contribution is 2.29. The predicted molar refractivity (Wildman–Crippen MR) is 76.6 cm³/mol. The summed E-state index contributed by atoms with van der Waals surface area (Å²) in [5.74, 6) is 0. The van der Waals surface area contributed by atoms with Crippen LogP contribution >= 0.6 is 28.0 Å². The third-order valence-electron chi connectivity index (χ3n) is 2.64. The zero-order valence-electron chi connectivity index (χ0n) is 9.43. The molecule has 2 nitrogen and oxygen atoms in total. The van der Waals surface area contributed by atoms with Crippen molar-refractivity contribution in [3.63, 3.8) is 0 Å². The molecule has 4 heteroatoms. The summed E-state index contributed by atoms with van der Waals surface area (Å²) in [4.78, 5) is 0.841. The maximum Gasteiger partial charge on any atom is 0.0991 e. The molecule has 0 aliphatic heterocycles. The summed E-state index contributed by atoms with van der Waals surface area (Å²) in [6.45, 7) is 0. The van der Waals surface area contributed by atoms with Crippen molar-refractivity contribution < 1.29 is 4.55 Å². The summed E-state index contributed by atoms with van der Waals surface area (Å²) >= 11 is 4.25. The van der Waals surface area contributed by atoms with Gasteiger partial charge in [-0.3, -0.25) is 0 Å². The van der Waals surface area contributed by atoms with E-state index < -0.39 is 0 Å². The number of benzene rings is 2. The van der Waals surface area contributed by atoms with Crippen molar-refractivity contribution in [2.75, 3.05) is 0 Å². The van der Waals surface area contributed by atoms with Crippen LogP contribution in [0.25, 0.3) is 0 Å². The van der Waals surface area contributed by atoms with E-state index in [1.54, 1.807) is 12.1 Å². The van der Waals surface area contributed by atoms with E-state index in [1.165, 1.54) is 0 Å². The van der Waals surface area contributed by atoms with E-state index in [4.69, 9.17) is 5.26 Å². The SMILES string of the molecule is N#Cc1ccc(Cc2c(Br)cccc2SO)cc1. The zero-order chi connectivity index (χ0) is 13.0. The van der Waals surface area contributed by atoms with Gasteiger partial charge in [-0.2, -0.15) is 5.26 Å². The lowest BCUT2D eigenvalue weighted by atomic mass is 10.0. The first kappa shape index (κ1) is 13.2. The number of hydrogen-bond acceptors (Lipinski definition) is 3. The molecule has 2 rings (SSSR count). The van der Waals surface area contributed by atoms with Crippen molar-refractivity contribution in [3.8, 4) is 6.07 Å². The fourth-order valence-electron chi connectivity index (χ4n) is 1.70. The molecule has 0 bridgehead atoms. The smallest absolute Gasteiger partial charge is 0.0991 e. The number of rotatable bonds is 3. The molecule has 0 radical (unpaired) electrons. The van der Waals surface area contributed by atoms with Gasteiger partial charge in [-0.25, -0.2) is 0 Å². The minimum absolute atomic E-state index is 0.655. The van der Waals surface area contributed by atoms with E-state index in [0.717, 1.165) is 39.0 Å². The van der Waals surface area contributed by atoms with Gasteiger partial charge in [-0.05, 0) is 41.8 Å². The van der Waals surface area contributed by atoms with E-state index in [1.807, 2.05) is 30.3 Å². The summed E-state index contributed by atoms with van der Waals surface area (Å²) in [6.07, 6.45) is 0.718. The molecule has 0 atom stereocenters. The maximum absolute atomic E-state index is 9.26. The zero-order valence-corrected chi connectivity index (χ0v) is 11.8. The van der Waals surface area contributed by atoms with Crippen LogP contribution in [0.4, 0.5) is 0 Å². The van der Waals surface area contributed by atoms with Crippen molar-refractivity contribution in [2.45, 2.75) is 11.3 Å². The topological polar surface area (TPSA) is 44.0 Å². The molecule has 0 unspecified atom stereocenters. The van der Waals surface area contributed by atoms with E-state index >= 15 is 0 Å². The van der Waals surface area contributed by atoms with E-state index in [9.17, 15) is 4.55 Å². The van der Waals surface area contributed by atoms with Gasteiger partial charge >= 0.3 is 0 Å². The molecule has 0 heterocycles. The molecule has 2 aromatic rings. The molecule has 0 amide bonds. The van der Waals surface area contributed by atoms with Crippen LogP contribution in [0.3, 0.4) is 0 Å². The Labute approximate surface area is 119 Å². The van der Waals surface area contributed by atoms with Crippen molar-refractivity contribution >= 4 is 28.0 Å². The molecular formula is C14H10BrNOS. The standard InChI is InChI=1S/C14H10BrNOS/c15-13-2-1-3-14(18-17)12(13)8-10-4-6-11(9-16)7-5-10/h1-7,17H,8H2. The maximum atomic E-state index is 9.26. The molecule has 0 spiro atoms. The van der Waals surface area contributed by atoms with E-state index in [-0.39, 0.29) is 0 Å². The first-order valence-electron chi connectivity index (χ1n) is 5.32. The van der Waals surface area contributed by atoms with Crippen LogP contribution in [0.5, 0.6) is 0 Å². The van der Waals surface area contributed by atoms with E-state index in [2.05, 4.69) is 22.0 Å². The third kappa shape index (κ3) is 2.94. The third-order valence-corrected chi connectivity index (χ3v) is 3.96. The van der Waals surface area contributed by atoms with Gasteiger partial charge in [-0.1, -0.05) is 34.1 Å². The minimum atomic E-state index is 0.655. The average Bonchev–Trinajstić information content (AvgIpc) is 2.42. The van der Waals surface area contributed by atoms with Crippen LogP contribution in [0.2, 0.25) is 0 Å². The minimum Gasteiger partial charge on any atom is -0.325 e. The lowest BCUT2D eigenvalue weighted by Crippen LogP contribution is -1.92. The lowest BCUT2D eigenvalue weighted by Gasteiger charge is -2.09. The van der Waals surface area contributed by atoms with Crippen LogP contribution < -0.4 is 0 Å². The van der Waals surface area contributed by atoms with Gasteiger partial charge in [0.25, 0.3) is 0 Å². The Morgan fingerprint density at radius 2 is 1.89 bits per heavy atom. The highest BCUT2D eigenvalue weighted by Gasteiger charge is 2.07. The highest BCUT2D eigenvalue weighted by atomic mass is 79.9. The molecule has 90 valence electrons. The van der Waals surface area contributed by atoms with Crippen LogP contribution in [-0.2, 0) is 6.42 Å². The molecule has 18 heavy (non-hydrogen) atoms. The number of hydrogen-bond donors (Lipinski definition) is 1. The molecule has 2 aromatic carbocycles. The quantitative estimate of drug-likeness (QED) is 0.848. The van der Waals surface area contributed by atoms with Crippen molar-refractivity contribution in [3.05, 3.63) is 63.6 Å². The van der Waals surface area contributed by atoms with Crippen molar-refractivity contribution in [1.29, 1.82) is 5.26 Å². The largest absolute Gasteiger partial charge is 0.325 e. The molecule has 0 aromatic heterocycles. The monoisotopic (exact) mass is 319 g/mol. The molecule has 0 aliphatic carbocycles. The van der Waals surface area contributed by atoms with Gasteiger partial charge in [0.2, 0.25) is 0 Å². The Hall–Kier alpha value is -1.28. The Morgan fingerprint density at radius 1 is 1.17 bits per heavy atom. The highest BCUT2D eigenvalue weighted by molar-refractivity contribution is 9.10. The Bertz CT molecular complexity index is 590. The first-order valence-corrected chi connectivity index (χ1v) is 6.89. The second kappa shape index (κ2) is 6.05. The molecule has 0 aliphatic rings. The Morgan fingerprint density at radius 3 is 2.50 bits per heavy atom. The molecule has 1 N–H and O–H groups in total. The summed E-state index contributed by atoms with van der Waals surface area (Å²) in [5.41, 5.74) is 2.81. The molecule has 0 saturated heterocycles. The number of nitriles is 1. The number of nitrogens with zero attached hydrogens (tertiary/aromatic N) is 1. The molecule has 0 saturated carbocycles. The van der Waals surface area contributed by atoms with Gasteiger partial charge in [0.1, 0.15) is 0 Å². The Kier molecular flexibility index (Phi) is 4.43.